The second-order valence-electron chi connectivity index (χ2n) is 5.15. The Labute approximate surface area is 105 Å². The molecule has 102 valence electrons. The number of halogens is 3. The lowest BCUT2D eigenvalue weighted by atomic mass is 10.1. The summed E-state index contributed by atoms with van der Waals surface area (Å²) in [5, 5.41) is 0. The number of benzene rings is 1. The minimum atomic E-state index is -4.31. The Morgan fingerprint density at radius 3 is 2.00 bits per heavy atom. The van der Waals surface area contributed by atoms with Gasteiger partial charge < -0.3 is 10.5 Å². The average Bonchev–Trinajstić information content (AvgIpc) is 2.24. The molecule has 0 aliphatic carbocycles. The molecule has 0 heterocycles. The third-order valence-electron chi connectivity index (χ3n) is 2.36. The van der Waals surface area contributed by atoms with Crippen LogP contribution in [-0.2, 0) is 10.9 Å². The molecule has 0 bridgehead atoms. The first kappa shape index (κ1) is 15.0. The summed E-state index contributed by atoms with van der Waals surface area (Å²) in [7, 11) is 0. The molecule has 2 N–H and O–H groups in total. The summed E-state index contributed by atoms with van der Waals surface area (Å²) in [4.78, 5) is 0. The van der Waals surface area contributed by atoms with Crippen LogP contribution in [0.1, 0.15) is 37.9 Å². The van der Waals surface area contributed by atoms with Gasteiger partial charge in [-0.2, -0.15) is 13.2 Å². The number of hydrogen-bond acceptors (Lipinski definition) is 2. The summed E-state index contributed by atoms with van der Waals surface area (Å²) in [6.07, 6.45) is -4.31. The van der Waals surface area contributed by atoms with E-state index in [1.807, 2.05) is 20.8 Å². The Hall–Kier alpha value is -1.07. The largest absolute Gasteiger partial charge is 0.416 e. The minimum Gasteiger partial charge on any atom is -0.374 e. The summed E-state index contributed by atoms with van der Waals surface area (Å²) >= 11 is 0. The first-order chi connectivity index (χ1) is 8.09. The van der Waals surface area contributed by atoms with Gasteiger partial charge in [0.25, 0.3) is 0 Å². The maximum atomic E-state index is 12.4. The maximum Gasteiger partial charge on any atom is 0.416 e. The Bertz CT molecular complexity index is 379. The fraction of sp³-hybridized carbons (Fsp3) is 0.538. The molecule has 5 heteroatoms. The lowest BCUT2D eigenvalue weighted by molar-refractivity contribution is -0.137. The fourth-order valence-electron chi connectivity index (χ4n) is 1.36. The monoisotopic (exact) mass is 261 g/mol. The molecule has 0 amide bonds. The predicted octanol–water partition coefficient (Wildman–Crippen LogP) is 3.52. The summed E-state index contributed by atoms with van der Waals surface area (Å²) in [6.45, 7) is 5.96. The van der Waals surface area contributed by atoms with Crippen molar-refractivity contribution in [3.8, 4) is 0 Å². The molecule has 2 nitrogen and oxygen atoms in total. The van der Waals surface area contributed by atoms with Crippen molar-refractivity contribution in [3.63, 3.8) is 0 Å². The molecule has 1 aromatic carbocycles. The molecular formula is C13H18F3NO. The van der Waals surface area contributed by atoms with Gasteiger partial charge in [-0.1, -0.05) is 12.1 Å². The number of rotatable bonds is 3. The van der Waals surface area contributed by atoms with Gasteiger partial charge in [0, 0.05) is 0 Å². The van der Waals surface area contributed by atoms with E-state index in [4.69, 9.17) is 10.5 Å². The van der Waals surface area contributed by atoms with Crippen molar-refractivity contribution in [2.24, 2.45) is 5.73 Å². The van der Waals surface area contributed by atoms with E-state index in [2.05, 4.69) is 0 Å². The van der Waals surface area contributed by atoms with Crippen molar-refractivity contribution in [3.05, 3.63) is 35.4 Å². The smallest absolute Gasteiger partial charge is 0.374 e. The van der Waals surface area contributed by atoms with Crippen LogP contribution in [0.15, 0.2) is 24.3 Å². The van der Waals surface area contributed by atoms with Crippen LogP contribution < -0.4 is 5.73 Å². The highest BCUT2D eigenvalue weighted by Crippen LogP contribution is 2.29. The first-order valence-electron chi connectivity index (χ1n) is 5.66. The number of hydrogen-bond donors (Lipinski definition) is 1. The Kier molecular flexibility index (Phi) is 4.40. The SMILES string of the molecule is CC(C)(C)OCC(N)c1ccc(C(F)(F)F)cc1. The molecule has 0 saturated carbocycles. The number of nitrogens with two attached hydrogens (primary N) is 1. The Morgan fingerprint density at radius 2 is 1.61 bits per heavy atom. The van der Waals surface area contributed by atoms with Gasteiger partial charge in [-0.05, 0) is 38.5 Å². The zero-order valence-electron chi connectivity index (χ0n) is 10.7. The normalized spacial score (nSPS) is 14.6. The highest BCUT2D eigenvalue weighted by molar-refractivity contribution is 5.26. The molecule has 1 atom stereocenters. The van der Waals surface area contributed by atoms with Crippen LogP contribution >= 0.6 is 0 Å². The van der Waals surface area contributed by atoms with Crippen LogP contribution in [0.5, 0.6) is 0 Å². The van der Waals surface area contributed by atoms with Crippen LogP contribution in [0.4, 0.5) is 13.2 Å². The summed E-state index contributed by atoms with van der Waals surface area (Å²) < 4.78 is 42.6. The van der Waals surface area contributed by atoms with Crippen LogP contribution in [0.3, 0.4) is 0 Å². The first-order valence-corrected chi connectivity index (χ1v) is 5.66. The topological polar surface area (TPSA) is 35.2 Å². The third-order valence-corrected chi connectivity index (χ3v) is 2.36. The van der Waals surface area contributed by atoms with E-state index in [0.29, 0.717) is 5.56 Å². The van der Waals surface area contributed by atoms with Crippen molar-refractivity contribution < 1.29 is 17.9 Å². The van der Waals surface area contributed by atoms with E-state index >= 15 is 0 Å². The van der Waals surface area contributed by atoms with Crippen LogP contribution in [-0.4, -0.2) is 12.2 Å². The molecule has 0 fully saturated rings. The molecule has 0 aromatic heterocycles. The van der Waals surface area contributed by atoms with Gasteiger partial charge in [0.15, 0.2) is 0 Å². The molecule has 0 aliphatic rings. The molecule has 0 spiro atoms. The van der Waals surface area contributed by atoms with E-state index in [-0.39, 0.29) is 12.2 Å². The third kappa shape index (κ3) is 4.66. The standard InChI is InChI=1S/C13H18F3NO/c1-12(2,3)18-8-11(17)9-4-6-10(7-5-9)13(14,15)16/h4-7,11H,8,17H2,1-3H3. The molecule has 1 rings (SSSR count). The van der Waals surface area contributed by atoms with Crippen molar-refractivity contribution >= 4 is 0 Å². The second-order valence-corrected chi connectivity index (χ2v) is 5.15. The fourth-order valence-corrected chi connectivity index (χ4v) is 1.36. The quantitative estimate of drug-likeness (QED) is 0.903. The van der Waals surface area contributed by atoms with Gasteiger partial charge in [0.05, 0.1) is 23.8 Å². The van der Waals surface area contributed by atoms with Crippen molar-refractivity contribution in [2.75, 3.05) is 6.61 Å². The molecule has 0 radical (unpaired) electrons. The van der Waals surface area contributed by atoms with E-state index in [9.17, 15) is 13.2 Å². The van der Waals surface area contributed by atoms with Crippen LogP contribution in [0, 0.1) is 0 Å². The lowest BCUT2D eigenvalue weighted by Gasteiger charge is -2.22. The van der Waals surface area contributed by atoms with Gasteiger partial charge >= 0.3 is 6.18 Å². The molecule has 0 aliphatic heterocycles. The Balaban J connectivity index is 2.68. The molecular weight excluding hydrogens is 243 g/mol. The van der Waals surface area contributed by atoms with Crippen LogP contribution in [0.2, 0.25) is 0 Å². The summed E-state index contributed by atoms with van der Waals surface area (Å²) in [5.41, 5.74) is 5.50. The van der Waals surface area contributed by atoms with Crippen LogP contribution in [0.25, 0.3) is 0 Å². The number of alkyl halides is 3. The van der Waals surface area contributed by atoms with E-state index in [1.54, 1.807) is 0 Å². The van der Waals surface area contributed by atoms with Gasteiger partial charge in [-0.25, -0.2) is 0 Å². The minimum absolute atomic E-state index is 0.273. The second kappa shape index (κ2) is 5.28. The van der Waals surface area contributed by atoms with Gasteiger partial charge in [0.1, 0.15) is 0 Å². The van der Waals surface area contributed by atoms with Gasteiger partial charge in [-0.3, -0.25) is 0 Å². The average molecular weight is 261 g/mol. The zero-order chi connectivity index (χ0) is 14.0. The lowest BCUT2D eigenvalue weighted by Crippen LogP contribution is -2.26. The molecule has 0 saturated heterocycles. The Morgan fingerprint density at radius 1 is 1.11 bits per heavy atom. The van der Waals surface area contributed by atoms with Crippen molar-refractivity contribution in [2.45, 2.75) is 38.6 Å². The van der Waals surface area contributed by atoms with E-state index in [0.717, 1.165) is 12.1 Å². The highest BCUT2D eigenvalue weighted by Gasteiger charge is 2.30. The van der Waals surface area contributed by atoms with Crippen molar-refractivity contribution in [1.82, 2.24) is 0 Å². The number of ether oxygens (including phenoxy) is 1. The highest BCUT2D eigenvalue weighted by atomic mass is 19.4. The molecule has 18 heavy (non-hydrogen) atoms. The maximum absolute atomic E-state index is 12.4. The molecule has 1 unspecified atom stereocenters. The molecule has 1 aromatic rings. The summed E-state index contributed by atoms with van der Waals surface area (Å²) in [6, 6.07) is 4.42. The summed E-state index contributed by atoms with van der Waals surface area (Å²) in [5.74, 6) is 0. The van der Waals surface area contributed by atoms with Crippen molar-refractivity contribution in [1.29, 1.82) is 0 Å². The predicted molar refractivity (Wildman–Crippen MR) is 64.1 cm³/mol. The van der Waals surface area contributed by atoms with Gasteiger partial charge in [0.2, 0.25) is 0 Å². The van der Waals surface area contributed by atoms with Gasteiger partial charge in [-0.15, -0.1) is 0 Å². The van der Waals surface area contributed by atoms with E-state index < -0.39 is 17.8 Å². The zero-order valence-corrected chi connectivity index (χ0v) is 10.7. The van der Waals surface area contributed by atoms with E-state index in [1.165, 1.54) is 12.1 Å².